The van der Waals surface area contributed by atoms with E-state index in [9.17, 15) is 14.0 Å². The summed E-state index contributed by atoms with van der Waals surface area (Å²) in [7, 11) is 0. The molecule has 3 N–H and O–H groups in total. The Labute approximate surface area is 180 Å². The summed E-state index contributed by atoms with van der Waals surface area (Å²) in [6.07, 6.45) is 0. The molecule has 3 amide bonds. The molecule has 0 spiro atoms. The molecule has 31 heavy (non-hydrogen) atoms. The fraction of sp³-hybridized carbons (Fsp3) is 0.167. The van der Waals surface area contributed by atoms with Gasteiger partial charge in [0.15, 0.2) is 0 Å². The van der Waals surface area contributed by atoms with Crippen LogP contribution >= 0.6 is 0 Å². The van der Waals surface area contributed by atoms with Crippen molar-refractivity contribution < 1.29 is 18.7 Å². The summed E-state index contributed by atoms with van der Waals surface area (Å²) in [4.78, 5) is 24.5. The first-order chi connectivity index (χ1) is 14.9. The van der Waals surface area contributed by atoms with Gasteiger partial charge in [0.1, 0.15) is 18.2 Å². The largest absolute Gasteiger partial charge is 0.489 e. The van der Waals surface area contributed by atoms with E-state index in [0.717, 1.165) is 5.56 Å². The number of hydrogen-bond donors (Lipinski definition) is 3. The van der Waals surface area contributed by atoms with Crippen LogP contribution in [0, 0.1) is 5.82 Å². The van der Waals surface area contributed by atoms with E-state index in [2.05, 4.69) is 16.0 Å². The van der Waals surface area contributed by atoms with Crippen molar-refractivity contribution in [2.24, 2.45) is 0 Å². The molecule has 3 aromatic carbocycles. The Bertz CT molecular complexity index is 1050. The predicted molar refractivity (Wildman–Crippen MR) is 119 cm³/mol. The first kappa shape index (κ1) is 21.8. The van der Waals surface area contributed by atoms with Gasteiger partial charge >= 0.3 is 6.03 Å². The molecule has 6 nitrogen and oxygen atoms in total. The third-order valence-electron chi connectivity index (χ3n) is 4.21. The van der Waals surface area contributed by atoms with Crippen molar-refractivity contribution in [1.29, 1.82) is 0 Å². The lowest BCUT2D eigenvalue weighted by molar-refractivity contribution is 0.102. The molecule has 3 aromatic rings. The number of halogens is 1. The maximum absolute atomic E-state index is 13.0. The Morgan fingerprint density at radius 3 is 2.29 bits per heavy atom. The fourth-order valence-corrected chi connectivity index (χ4v) is 2.78. The molecule has 0 atom stereocenters. The molecule has 0 radical (unpaired) electrons. The third-order valence-corrected chi connectivity index (χ3v) is 4.21. The second kappa shape index (κ2) is 10.2. The number of hydrogen-bond acceptors (Lipinski definition) is 3. The molecule has 0 saturated carbocycles. The SMILES string of the molecule is CC(C)NC(=O)Nc1cccc(C(=O)Nc2cccc(OCc3ccc(F)cc3)c2)c1. The van der Waals surface area contributed by atoms with E-state index in [1.54, 1.807) is 60.7 Å². The van der Waals surface area contributed by atoms with E-state index >= 15 is 0 Å². The number of carbonyl (C=O) groups is 2. The number of benzene rings is 3. The van der Waals surface area contributed by atoms with Gasteiger partial charge in [0.2, 0.25) is 0 Å². The Kier molecular flexibility index (Phi) is 7.22. The molecule has 0 aliphatic heterocycles. The van der Waals surface area contributed by atoms with E-state index in [1.165, 1.54) is 12.1 Å². The van der Waals surface area contributed by atoms with Gasteiger partial charge in [-0.05, 0) is 61.9 Å². The zero-order valence-electron chi connectivity index (χ0n) is 17.3. The van der Waals surface area contributed by atoms with Crippen LogP contribution in [0.5, 0.6) is 5.75 Å². The molecule has 0 bridgehead atoms. The van der Waals surface area contributed by atoms with Gasteiger partial charge in [-0.15, -0.1) is 0 Å². The highest BCUT2D eigenvalue weighted by Gasteiger charge is 2.09. The van der Waals surface area contributed by atoms with Gasteiger partial charge in [-0.25, -0.2) is 9.18 Å². The molecule has 3 rings (SSSR count). The molecule has 0 aromatic heterocycles. The lowest BCUT2D eigenvalue weighted by Gasteiger charge is -2.12. The van der Waals surface area contributed by atoms with Gasteiger partial charge in [0.05, 0.1) is 0 Å². The first-order valence-electron chi connectivity index (χ1n) is 9.85. The number of rotatable bonds is 7. The second-order valence-electron chi connectivity index (χ2n) is 7.23. The quantitative estimate of drug-likeness (QED) is 0.491. The van der Waals surface area contributed by atoms with Gasteiger partial charge in [-0.1, -0.05) is 24.3 Å². The van der Waals surface area contributed by atoms with Crippen LogP contribution in [0.4, 0.5) is 20.6 Å². The minimum atomic E-state index is -0.335. The van der Waals surface area contributed by atoms with Crippen molar-refractivity contribution in [3.05, 3.63) is 89.7 Å². The van der Waals surface area contributed by atoms with Crippen LogP contribution in [-0.2, 0) is 6.61 Å². The number of ether oxygens (including phenoxy) is 1. The minimum Gasteiger partial charge on any atom is -0.489 e. The van der Waals surface area contributed by atoms with Gasteiger partial charge in [-0.3, -0.25) is 4.79 Å². The van der Waals surface area contributed by atoms with Crippen LogP contribution in [0.25, 0.3) is 0 Å². The summed E-state index contributed by atoms with van der Waals surface area (Å²) in [5, 5.41) is 8.25. The molecule has 0 fully saturated rings. The Morgan fingerprint density at radius 2 is 1.58 bits per heavy atom. The normalized spacial score (nSPS) is 10.5. The Hall–Kier alpha value is -3.87. The smallest absolute Gasteiger partial charge is 0.319 e. The standard InChI is InChI=1S/C24H24FN3O3/c1-16(2)26-24(30)28-20-6-3-5-18(13-20)23(29)27-21-7-4-8-22(14-21)31-15-17-9-11-19(25)12-10-17/h3-14,16H,15H2,1-2H3,(H,27,29)(H2,26,28,30). The average molecular weight is 421 g/mol. The van der Waals surface area contributed by atoms with Crippen molar-refractivity contribution in [2.75, 3.05) is 10.6 Å². The Morgan fingerprint density at radius 1 is 0.903 bits per heavy atom. The molecule has 160 valence electrons. The summed E-state index contributed by atoms with van der Waals surface area (Å²) in [6.45, 7) is 4.01. The topological polar surface area (TPSA) is 79.5 Å². The predicted octanol–water partition coefficient (Wildman–Crippen LogP) is 5.19. The van der Waals surface area contributed by atoms with E-state index in [1.807, 2.05) is 13.8 Å². The van der Waals surface area contributed by atoms with E-state index in [4.69, 9.17) is 4.74 Å². The summed E-state index contributed by atoms with van der Waals surface area (Å²) >= 11 is 0. The zero-order chi connectivity index (χ0) is 22.2. The van der Waals surface area contributed by atoms with Crippen molar-refractivity contribution in [1.82, 2.24) is 5.32 Å². The van der Waals surface area contributed by atoms with Crippen molar-refractivity contribution in [3.8, 4) is 5.75 Å². The molecule has 0 heterocycles. The summed E-state index contributed by atoms with van der Waals surface area (Å²) in [5.74, 6) is -0.0419. The highest BCUT2D eigenvalue weighted by molar-refractivity contribution is 6.05. The van der Waals surface area contributed by atoms with Crippen LogP contribution in [0.3, 0.4) is 0 Å². The van der Waals surface area contributed by atoms with E-state index in [-0.39, 0.29) is 30.4 Å². The second-order valence-corrected chi connectivity index (χ2v) is 7.23. The fourth-order valence-electron chi connectivity index (χ4n) is 2.78. The van der Waals surface area contributed by atoms with Gasteiger partial charge in [0, 0.05) is 29.0 Å². The number of nitrogens with one attached hydrogen (secondary N) is 3. The molecule has 0 unspecified atom stereocenters. The Balaban J connectivity index is 1.61. The van der Waals surface area contributed by atoms with Crippen LogP contribution in [-0.4, -0.2) is 18.0 Å². The highest BCUT2D eigenvalue weighted by Crippen LogP contribution is 2.20. The van der Waals surface area contributed by atoms with Gasteiger partial charge < -0.3 is 20.7 Å². The number of carbonyl (C=O) groups excluding carboxylic acids is 2. The van der Waals surface area contributed by atoms with Crippen LogP contribution in [0.1, 0.15) is 29.8 Å². The van der Waals surface area contributed by atoms with Gasteiger partial charge in [0.25, 0.3) is 5.91 Å². The summed E-state index contributed by atoms with van der Waals surface area (Å²) < 4.78 is 18.7. The number of urea groups is 1. The van der Waals surface area contributed by atoms with Crippen molar-refractivity contribution in [3.63, 3.8) is 0 Å². The lowest BCUT2D eigenvalue weighted by atomic mass is 10.2. The summed E-state index contributed by atoms with van der Waals surface area (Å²) in [6, 6.07) is 19.4. The maximum Gasteiger partial charge on any atom is 0.319 e. The van der Waals surface area contributed by atoms with Gasteiger partial charge in [-0.2, -0.15) is 0 Å². The average Bonchev–Trinajstić information content (AvgIpc) is 2.73. The van der Waals surface area contributed by atoms with Crippen molar-refractivity contribution in [2.45, 2.75) is 26.5 Å². The summed E-state index contributed by atoms with van der Waals surface area (Å²) in [5.41, 5.74) is 2.32. The third kappa shape index (κ3) is 6.85. The van der Waals surface area contributed by atoms with Crippen LogP contribution in [0.2, 0.25) is 0 Å². The lowest BCUT2D eigenvalue weighted by Crippen LogP contribution is -2.34. The molecular weight excluding hydrogens is 397 g/mol. The first-order valence-corrected chi connectivity index (χ1v) is 9.85. The molecule has 0 saturated heterocycles. The minimum absolute atomic E-state index is 0.00374. The molecular formula is C24H24FN3O3. The van der Waals surface area contributed by atoms with E-state index in [0.29, 0.717) is 22.7 Å². The number of anilines is 2. The van der Waals surface area contributed by atoms with E-state index < -0.39 is 0 Å². The maximum atomic E-state index is 13.0. The van der Waals surface area contributed by atoms with Crippen LogP contribution in [0.15, 0.2) is 72.8 Å². The molecule has 0 aliphatic carbocycles. The van der Waals surface area contributed by atoms with Crippen molar-refractivity contribution >= 4 is 23.3 Å². The zero-order valence-corrected chi connectivity index (χ0v) is 17.3. The molecule has 0 aliphatic rings. The monoisotopic (exact) mass is 421 g/mol. The van der Waals surface area contributed by atoms with Crippen LogP contribution < -0.4 is 20.7 Å². The molecule has 7 heteroatoms. The number of amides is 3. The highest BCUT2D eigenvalue weighted by atomic mass is 19.1.